The lowest BCUT2D eigenvalue weighted by Gasteiger charge is -1.98. The fourth-order valence-electron chi connectivity index (χ4n) is 2.22. The molecular formula is C19H14ClFN2OS. The largest absolute Gasteiger partial charge is 0.298 e. The van der Waals surface area contributed by atoms with Crippen molar-refractivity contribution >= 4 is 40.1 Å². The van der Waals surface area contributed by atoms with Crippen molar-refractivity contribution in [3.8, 4) is 11.3 Å². The summed E-state index contributed by atoms with van der Waals surface area (Å²) >= 11 is 7.31. The zero-order chi connectivity index (χ0) is 17.8. The van der Waals surface area contributed by atoms with Gasteiger partial charge in [0.15, 0.2) is 5.13 Å². The Morgan fingerprint density at radius 3 is 2.52 bits per heavy atom. The third-order valence-corrected chi connectivity index (χ3v) is 4.58. The van der Waals surface area contributed by atoms with Gasteiger partial charge in [0.1, 0.15) is 5.82 Å². The van der Waals surface area contributed by atoms with Gasteiger partial charge in [-0.3, -0.25) is 10.1 Å². The predicted octanol–water partition coefficient (Wildman–Crippen LogP) is 5.56. The molecule has 126 valence electrons. The van der Waals surface area contributed by atoms with Gasteiger partial charge in [0.25, 0.3) is 0 Å². The first-order valence-electron chi connectivity index (χ1n) is 7.49. The Labute approximate surface area is 153 Å². The summed E-state index contributed by atoms with van der Waals surface area (Å²) in [5, 5.41) is 3.93. The van der Waals surface area contributed by atoms with Crippen LogP contribution in [-0.4, -0.2) is 10.9 Å². The Balaban J connectivity index is 1.70. The molecule has 2 aromatic carbocycles. The van der Waals surface area contributed by atoms with Crippen LogP contribution in [0.1, 0.15) is 10.4 Å². The number of aromatic nitrogens is 1. The third-order valence-electron chi connectivity index (χ3n) is 3.44. The fourth-order valence-corrected chi connectivity index (χ4v) is 3.18. The first-order valence-corrected chi connectivity index (χ1v) is 8.69. The number of thiazole rings is 1. The molecule has 6 heteroatoms. The number of halogens is 2. The summed E-state index contributed by atoms with van der Waals surface area (Å²) < 4.78 is 12.9. The molecule has 0 saturated heterocycles. The molecule has 0 saturated carbocycles. The van der Waals surface area contributed by atoms with Gasteiger partial charge in [-0.1, -0.05) is 35.9 Å². The molecule has 0 fully saturated rings. The van der Waals surface area contributed by atoms with E-state index in [0.717, 1.165) is 21.7 Å². The van der Waals surface area contributed by atoms with Crippen molar-refractivity contribution < 1.29 is 9.18 Å². The molecule has 1 N–H and O–H groups in total. The summed E-state index contributed by atoms with van der Waals surface area (Å²) in [5.41, 5.74) is 2.51. The van der Waals surface area contributed by atoms with Crippen LogP contribution in [0.4, 0.5) is 9.52 Å². The summed E-state index contributed by atoms with van der Waals surface area (Å²) in [4.78, 5) is 17.5. The molecule has 0 aliphatic carbocycles. The molecule has 0 bridgehead atoms. The first-order chi connectivity index (χ1) is 12.0. The number of benzene rings is 2. The molecular weight excluding hydrogens is 359 g/mol. The van der Waals surface area contributed by atoms with Gasteiger partial charge in [0.2, 0.25) is 5.91 Å². The quantitative estimate of drug-likeness (QED) is 0.609. The second-order valence-electron chi connectivity index (χ2n) is 5.30. The van der Waals surface area contributed by atoms with Crippen LogP contribution < -0.4 is 5.32 Å². The van der Waals surface area contributed by atoms with E-state index in [1.165, 1.54) is 29.5 Å². The summed E-state index contributed by atoms with van der Waals surface area (Å²) in [6.07, 6.45) is 3.02. The van der Waals surface area contributed by atoms with Gasteiger partial charge in [-0.25, -0.2) is 9.37 Å². The van der Waals surface area contributed by atoms with Crippen LogP contribution in [0.2, 0.25) is 5.02 Å². The standard InChI is InChI=1S/C19H14ClFN2OS/c1-12-18(14-5-7-15(20)8-6-14)23-19(25-12)22-17(24)11-4-13-2-9-16(21)10-3-13/h2-11H,1H3,(H,22,23,24)/b11-4+. The fraction of sp³-hybridized carbons (Fsp3) is 0.0526. The van der Waals surface area contributed by atoms with Crippen LogP contribution in [0.15, 0.2) is 54.6 Å². The van der Waals surface area contributed by atoms with E-state index < -0.39 is 0 Å². The molecule has 3 nitrogen and oxygen atoms in total. The molecule has 0 radical (unpaired) electrons. The monoisotopic (exact) mass is 372 g/mol. The highest BCUT2D eigenvalue weighted by Crippen LogP contribution is 2.31. The molecule has 3 aromatic rings. The molecule has 0 atom stereocenters. The Kier molecular flexibility index (Phi) is 5.26. The number of nitrogens with one attached hydrogen (secondary N) is 1. The van der Waals surface area contributed by atoms with Crippen LogP contribution in [0.25, 0.3) is 17.3 Å². The number of rotatable bonds is 4. The smallest absolute Gasteiger partial charge is 0.250 e. The van der Waals surface area contributed by atoms with Crippen LogP contribution in [0, 0.1) is 12.7 Å². The topological polar surface area (TPSA) is 42.0 Å². The minimum atomic E-state index is -0.311. The average Bonchev–Trinajstić information content (AvgIpc) is 2.95. The van der Waals surface area contributed by atoms with Crippen molar-refractivity contribution in [2.45, 2.75) is 6.92 Å². The number of carbonyl (C=O) groups is 1. The summed E-state index contributed by atoms with van der Waals surface area (Å²) in [6.45, 7) is 1.95. The van der Waals surface area contributed by atoms with Gasteiger partial charge in [-0.2, -0.15) is 0 Å². The molecule has 1 heterocycles. The van der Waals surface area contributed by atoms with Crippen molar-refractivity contribution in [2.24, 2.45) is 0 Å². The number of aryl methyl sites for hydroxylation is 1. The van der Waals surface area contributed by atoms with E-state index >= 15 is 0 Å². The summed E-state index contributed by atoms with van der Waals surface area (Å²) in [5.74, 6) is -0.602. The Morgan fingerprint density at radius 1 is 1.16 bits per heavy atom. The minimum absolute atomic E-state index is 0.291. The molecule has 1 amide bonds. The molecule has 0 unspecified atom stereocenters. The third kappa shape index (κ3) is 4.53. The minimum Gasteiger partial charge on any atom is -0.298 e. The van der Waals surface area contributed by atoms with Gasteiger partial charge in [0.05, 0.1) is 5.69 Å². The summed E-state index contributed by atoms with van der Waals surface area (Å²) in [7, 11) is 0. The molecule has 0 spiro atoms. The molecule has 1 aromatic heterocycles. The number of amides is 1. The second kappa shape index (κ2) is 7.59. The van der Waals surface area contributed by atoms with E-state index in [1.807, 2.05) is 19.1 Å². The normalized spacial score (nSPS) is 11.0. The molecule has 0 aliphatic heterocycles. The number of carbonyl (C=O) groups excluding carboxylic acids is 1. The molecule has 25 heavy (non-hydrogen) atoms. The van der Waals surface area contributed by atoms with E-state index in [4.69, 9.17) is 11.6 Å². The predicted molar refractivity (Wildman–Crippen MR) is 101 cm³/mol. The van der Waals surface area contributed by atoms with E-state index in [2.05, 4.69) is 10.3 Å². The van der Waals surface area contributed by atoms with Crippen molar-refractivity contribution in [3.63, 3.8) is 0 Å². The van der Waals surface area contributed by atoms with Gasteiger partial charge in [0, 0.05) is 21.5 Å². The maximum absolute atomic E-state index is 12.9. The van der Waals surface area contributed by atoms with Crippen LogP contribution >= 0.6 is 22.9 Å². The zero-order valence-electron chi connectivity index (χ0n) is 13.3. The maximum atomic E-state index is 12.9. The first kappa shape index (κ1) is 17.3. The van der Waals surface area contributed by atoms with Crippen molar-refractivity contribution in [1.29, 1.82) is 0 Å². The Hall–Kier alpha value is -2.50. The Morgan fingerprint density at radius 2 is 1.84 bits per heavy atom. The van der Waals surface area contributed by atoms with Gasteiger partial charge in [-0.05, 0) is 42.8 Å². The lowest BCUT2D eigenvalue weighted by molar-refractivity contribution is -0.111. The Bertz CT molecular complexity index is 918. The number of hydrogen-bond donors (Lipinski definition) is 1. The van der Waals surface area contributed by atoms with Gasteiger partial charge >= 0.3 is 0 Å². The highest BCUT2D eigenvalue weighted by molar-refractivity contribution is 7.16. The van der Waals surface area contributed by atoms with Crippen LogP contribution in [-0.2, 0) is 4.79 Å². The number of anilines is 1. The molecule has 3 rings (SSSR count). The average molecular weight is 373 g/mol. The van der Waals surface area contributed by atoms with Crippen LogP contribution in [0.5, 0.6) is 0 Å². The lowest BCUT2D eigenvalue weighted by atomic mass is 10.1. The maximum Gasteiger partial charge on any atom is 0.250 e. The van der Waals surface area contributed by atoms with E-state index in [-0.39, 0.29) is 11.7 Å². The van der Waals surface area contributed by atoms with E-state index in [0.29, 0.717) is 10.2 Å². The number of hydrogen-bond acceptors (Lipinski definition) is 3. The van der Waals surface area contributed by atoms with Gasteiger partial charge < -0.3 is 0 Å². The van der Waals surface area contributed by atoms with Crippen LogP contribution in [0.3, 0.4) is 0 Å². The van der Waals surface area contributed by atoms with E-state index in [9.17, 15) is 9.18 Å². The highest BCUT2D eigenvalue weighted by atomic mass is 35.5. The number of nitrogens with zero attached hydrogens (tertiary/aromatic N) is 1. The second-order valence-corrected chi connectivity index (χ2v) is 6.94. The highest BCUT2D eigenvalue weighted by Gasteiger charge is 2.11. The SMILES string of the molecule is Cc1sc(NC(=O)/C=C/c2ccc(F)cc2)nc1-c1ccc(Cl)cc1. The van der Waals surface area contributed by atoms with Crippen molar-refractivity contribution in [3.05, 3.63) is 75.9 Å². The summed E-state index contributed by atoms with van der Waals surface area (Å²) in [6, 6.07) is 13.3. The van der Waals surface area contributed by atoms with Crippen molar-refractivity contribution in [2.75, 3.05) is 5.32 Å². The zero-order valence-corrected chi connectivity index (χ0v) is 14.9. The van der Waals surface area contributed by atoms with Crippen molar-refractivity contribution in [1.82, 2.24) is 4.98 Å². The lowest BCUT2D eigenvalue weighted by Crippen LogP contribution is -2.07. The van der Waals surface area contributed by atoms with E-state index in [1.54, 1.807) is 30.3 Å². The van der Waals surface area contributed by atoms with Gasteiger partial charge in [-0.15, -0.1) is 11.3 Å². The molecule has 0 aliphatic rings.